The highest BCUT2D eigenvalue weighted by Gasteiger charge is 2.32. The van der Waals surface area contributed by atoms with E-state index in [0.29, 0.717) is 5.69 Å². The first kappa shape index (κ1) is 15.6. The van der Waals surface area contributed by atoms with Crippen molar-refractivity contribution >= 4 is 17.6 Å². The van der Waals surface area contributed by atoms with Gasteiger partial charge in [-0.2, -0.15) is 0 Å². The van der Waals surface area contributed by atoms with Gasteiger partial charge in [-0.15, -0.1) is 12.3 Å². The van der Waals surface area contributed by atoms with E-state index in [1.54, 1.807) is 38.1 Å². The lowest BCUT2D eigenvalue weighted by atomic mass is 9.83. The van der Waals surface area contributed by atoms with E-state index in [1.807, 2.05) is 0 Å². The van der Waals surface area contributed by atoms with Crippen LogP contribution in [-0.4, -0.2) is 23.0 Å². The van der Waals surface area contributed by atoms with Gasteiger partial charge in [-0.3, -0.25) is 4.79 Å². The summed E-state index contributed by atoms with van der Waals surface area (Å²) < 4.78 is 0. The lowest BCUT2D eigenvalue weighted by Gasteiger charge is -2.26. The van der Waals surface area contributed by atoms with E-state index in [1.165, 1.54) is 0 Å². The largest absolute Gasteiger partial charge is 0.480 e. The van der Waals surface area contributed by atoms with Crippen molar-refractivity contribution in [2.75, 3.05) is 5.73 Å². The number of aliphatic carboxylic acids is 1. The molecule has 106 valence electrons. The molecule has 0 saturated heterocycles. The molecular weight excluding hydrogens is 256 g/mol. The number of hydrogen-bond acceptors (Lipinski definition) is 3. The standard InChI is InChI=1S/C15H18N2O3/c1-4-5-12(13(18)19)17-14(20)15(2,3)10-6-8-11(16)9-7-10/h1,6-9,12H,5,16H2,2-3H3,(H,17,20)(H,18,19). The first-order valence-electron chi connectivity index (χ1n) is 6.12. The highest BCUT2D eigenvalue weighted by atomic mass is 16.4. The molecular formula is C15H18N2O3. The Kier molecular flexibility index (Phi) is 4.76. The SMILES string of the molecule is C#CCC(NC(=O)C(C)(C)c1ccc(N)cc1)C(=O)O. The van der Waals surface area contributed by atoms with Crippen LogP contribution in [0.1, 0.15) is 25.8 Å². The van der Waals surface area contributed by atoms with Crippen LogP contribution in [0.3, 0.4) is 0 Å². The van der Waals surface area contributed by atoms with Gasteiger partial charge < -0.3 is 16.2 Å². The number of anilines is 1. The van der Waals surface area contributed by atoms with Gasteiger partial charge in [0, 0.05) is 12.1 Å². The van der Waals surface area contributed by atoms with Crippen LogP contribution in [0.15, 0.2) is 24.3 Å². The highest BCUT2D eigenvalue weighted by Crippen LogP contribution is 2.24. The molecule has 0 saturated carbocycles. The number of nitrogens with one attached hydrogen (secondary N) is 1. The van der Waals surface area contributed by atoms with Crippen molar-refractivity contribution in [3.8, 4) is 12.3 Å². The molecule has 0 aliphatic carbocycles. The third kappa shape index (κ3) is 3.51. The number of carbonyl (C=O) groups is 2. The predicted molar refractivity (Wildman–Crippen MR) is 76.9 cm³/mol. The molecule has 0 spiro atoms. The van der Waals surface area contributed by atoms with Crippen LogP contribution in [0.5, 0.6) is 0 Å². The lowest BCUT2D eigenvalue weighted by molar-refractivity contribution is -0.142. The van der Waals surface area contributed by atoms with Crippen LogP contribution in [0, 0.1) is 12.3 Å². The van der Waals surface area contributed by atoms with Gasteiger partial charge in [0.05, 0.1) is 5.41 Å². The number of carboxylic acids is 1. The monoisotopic (exact) mass is 274 g/mol. The minimum absolute atomic E-state index is 0.0567. The number of rotatable bonds is 5. The van der Waals surface area contributed by atoms with E-state index in [4.69, 9.17) is 17.3 Å². The molecule has 0 heterocycles. The van der Waals surface area contributed by atoms with E-state index in [0.717, 1.165) is 5.56 Å². The van der Waals surface area contributed by atoms with Gasteiger partial charge in [-0.25, -0.2) is 4.79 Å². The Morgan fingerprint density at radius 2 is 1.95 bits per heavy atom. The number of nitrogens with two attached hydrogens (primary N) is 1. The number of terminal acetylenes is 1. The van der Waals surface area contributed by atoms with Gasteiger partial charge in [-0.1, -0.05) is 12.1 Å². The van der Waals surface area contributed by atoms with Crippen LogP contribution in [0.25, 0.3) is 0 Å². The van der Waals surface area contributed by atoms with Crippen molar-refractivity contribution in [3.63, 3.8) is 0 Å². The molecule has 0 fully saturated rings. The zero-order valence-electron chi connectivity index (χ0n) is 11.5. The van der Waals surface area contributed by atoms with Gasteiger partial charge in [0.25, 0.3) is 0 Å². The smallest absolute Gasteiger partial charge is 0.327 e. The average Bonchev–Trinajstić information content (AvgIpc) is 2.38. The van der Waals surface area contributed by atoms with Crippen molar-refractivity contribution < 1.29 is 14.7 Å². The second-order valence-corrected chi connectivity index (χ2v) is 5.02. The Bertz CT molecular complexity index is 541. The summed E-state index contributed by atoms with van der Waals surface area (Å²) in [7, 11) is 0. The van der Waals surface area contributed by atoms with E-state index < -0.39 is 23.3 Å². The van der Waals surface area contributed by atoms with Gasteiger partial charge in [0.2, 0.25) is 5.91 Å². The normalized spacial score (nSPS) is 12.2. The van der Waals surface area contributed by atoms with E-state index in [9.17, 15) is 9.59 Å². The summed E-state index contributed by atoms with van der Waals surface area (Å²) in [6.45, 7) is 3.42. The fourth-order valence-electron chi connectivity index (χ4n) is 1.69. The molecule has 20 heavy (non-hydrogen) atoms. The number of amides is 1. The molecule has 5 nitrogen and oxygen atoms in total. The highest BCUT2D eigenvalue weighted by molar-refractivity contribution is 5.91. The minimum atomic E-state index is -1.15. The van der Waals surface area contributed by atoms with Crippen molar-refractivity contribution in [2.24, 2.45) is 0 Å². The Hall–Kier alpha value is -2.48. The zero-order chi connectivity index (χ0) is 15.3. The zero-order valence-corrected chi connectivity index (χ0v) is 11.5. The van der Waals surface area contributed by atoms with Crippen molar-refractivity contribution in [1.82, 2.24) is 5.32 Å². The van der Waals surface area contributed by atoms with Crippen LogP contribution in [0.2, 0.25) is 0 Å². The Morgan fingerprint density at radius 3 is 2.40 bits per heavy atom. The number of hydrogen-bond donors (Lipinski definition) is 3. The van der Waals surface area contributed by atoms with E-state index in [2.05, 4.69) is 11.2 Å². The number of carbonyl (C=O) groups excluding carboxylic acids is 1. The summed E-state index contributed by atoms with van der Waals surface area (Å²) in [5.41, 5.74) is 6.07. The fourth-order valence-corrected chi connectivity index (χ4v) is 1.69. The van der Waals surface area contributed by atoms with Crippen molar-refractivity contribution in [3.05, 3.63) is 29.8 Å². The van der Waals surface area contributed by atoms with E-state index in [-0.39, 0.29) is 6.42 Å². The molecule has 1 atom stereocenters. The molecule has 5 heteroatoms. The molecule has 4 N–H and O–H groups in total. The quantitative estimate of drug-likeness (QED) is 0.554. The molecule has 1 aromatic carbocycles. The van der Waals surface area contributed by atoms with Crippen LogP contribution < -0.4 is 11.1 Å². The fraction of sp³-hybridized carbons (Fsp3) is 0.333. The van der Waals surface area contributed by atoms with Gasteiger partial charge in [0.1, 0.15) is 6.04 Å². The average molecular weight is 274 g/mol. The molecule has 0 bridgehead atoms. The third-order valence-electron chi connectivity index (χ3n) is 3.13. The van der Waals surface area contributed by atoms with Gasteiger partial charge in [-0.05, 0) is 31.5 Å². The first-order chi connectivity index (χ1) is 9.28. The maximum Gasteiger partial charge on any atom is 0.327 e. The Labute approximate surface area is 118 Å². The molecule has 1 rings (SSSR count). The maximum atomic E-state index is 12.3. The summed E-state index contributed by atoms with van der Waals surface area (Å²) >= 11 is 0. The van der Waals surface area contributed by atoms with E-state index >= 15 is 0 Å². The molecule has 0 aliphatic heterocycles. The van der Waals surface area contributed by atoms with Crippen molar-refractivity contribution in [2.45, 2.75) is 31.7 Å². The van der Waals surface area contributed by atoms with Gasteiger partial charge >= 0.3 is 5.97 Å². The number of benzene rings is 1. The van der Waals surface area contributed by atoms with Crippen LogP contribution >= 0.6 is 0 Å². The van der Waals surface area contributed by atoms with Gasteiger partial charge in [0.15, 0.2) is 0 Å². The summed E-state index contributed by atoms with van der Waals surface area (Å²) in [6.07, 6.45) is 5.04. The number of carboxylic acid groups (broad SMARTS) is 1. The minimum Gasteiger partial charge on any atom is -0.480 e. The Morgan fingerprint density at radius 1 is 1.40 bits per heavy atom. The van der Waals surface area contributed by atoms with Crippen LogP contribution in [0.4, 0.5) is 5.69 Å². The predicted octanol–water partition coefficient (Wildman–Crippen LogP) is 1.14. The summed E-state index contributed by atoms with van der Waals surface area (Å²) in [6, 6.07) is 5.79. The molecule has 0 aliphatic rings. The molecule has 1 amide bonds. The second kappa shape index (κ2) is 6.11. The lowest BCUT2D eigenvalue weighted by Crippen LogP contribution is -2.48. The number of nitrogen functional groups attached to an aromatic ring is 1. The summed E-state index contributed by atoms with van der Waals surface area (Å²) in [5, 5.41) is 11.5. The summed E-state index contributed by atoms with van der Waals surface area (Å²) in [4.78, 5) is 23.3. The molecule has 1 aromatic rings. The molecule has 0 radical (unpaired) electrons. The maximum absolute atomic E-state index is 12.3. The topological polar surface area (TPSA) is 92.4 Å². The molecule has 1 unspecified atom stereocenters. The molecule has 0 aromatic heterocycles. The Balaban J connectivity index is 2.91. The summed E-state index contributed by atoms with van der Waals surface area (Å²) in [5.74, 6) is 0.694. The van der Waals surface area contributed by atoms with Crippen molar-refractivity contribution in [1.29, 1.82) is 0 Å². The third-order valence-corrected chi connectivity index (χ3v) is 3.13. The van der Waals surface area contributed by atoms with Crippen LogP contribution in [-0.2, 0) is 15.0 Å². The second-order valence-electron chi connectivity index (χ2n) is 5.02. The first-order valence-corrected chi connectivity index (χ1v) is 6.12.